The largest absolute Gasteiger partial charge is 0.393 e. The first kappa shape index (κ1) is 11.5. The summed E-state index contributed by atoms with van der Waals surface area (Å²) >= 11 is 0. The van der Waals surface area contributed by atoms with Crippen molar-refractivity contribution in [2.45, 2.75) is 58.5 Å². The van der Waals surface area contributed by atoms with Gasteiger partial charge in [0.2, 0.25) is 0 Å². The summed E-state index contributed by atoms with van der Waals surface area (Å²) in [7, 11) is 0. The standard InChI is InChI=1S/C12H21NO/c1-3-11(14)8-12(9-13)7-5-4-6-10(12)2/h10-11,14H,3-8H2,1-2H3. The molecule has 1 aliphatic rings. The van der Waals surface area contributed by atoms with Crippen LogP contribution in [-0.4, -0.2) is 11.2 Å². The van der Waals surface area contributed by atoms with Crippen molar-refractivity contribution in [3.05, 3.63) is 0 Å². The second-order valence-electron chi connectivity index (χ2n) is 4.68. The minimum atomic E-state index is -0.296. The van der Waals surface area contributed by atoms with Gasteiger partial charge in [0.25, 0.3) is 0 Å². The van der Waals surface area contributed by atoms with Crippen molar-refractivity contribution in [2.24, 2.45) is 11.3 Å². The maximum atomic E-state index is 9.67. The van der Waals surface area contributed by atoms with Gasteiger partial charge in [0.15, 0.2) is 0 Å². The third-order valence-electron chi connectivity index (χ3n) is 3.75. The molecule has 0 aromatic heterocycles. The second-order valence-corrected chi connectivity index (χ2v) is 4.68. The van der Waals surface area contributed by atoms with Gasteiger partial charge in [-0.05, 0) is 31.6 Å². The maximum Gasteiger partial charge on any atom is 0.0693 e. The highest BCUT2D eigenvalue weighted by Gasteiger charge is 2.39. The minimum absolute atomic E-state index is 0.242. The van der Waals surface area contributed by atoms with Crippen molar-refractivity contribution in [1.82, 2.24) is 0 Å². The number of nitriles is 1. The molecule has 0 spiro atoms. The van der Waals surface area contributed by atoms with Crippen LogP contribution in [0.25, 0.3) is 0 Å². The van der Waals surface area contributed by atoms with Crippen LogP contribution < -0.4 is 0 Å². The molecule has 80 valence electrons. The van der Waals surface area contributed by atoms with E-state index in [0.717, 1.165) is 25.7 Å². The molecule has 0 aliphatic heterocycles. The van der Waals surface area contributed by atoms with E-state index in [1.807, 2.05) is 6.92 Å². The minimum Gasteiger partial charge on any atom is -0.393 e. The third-order valence-corrected chi connectivity index (χ3v) is 3.75. The van der Waals surface area contributed by atoms with E-state index in [0.29, 0.717) is 12.3 Å². The van der Waals surface area contributed by atoms with E-state index in [4.69, 9.17) is 0 Å². The molecule has 1 N–H and O–H groups in total. The van der Waals surface area contributed by atoms with E-state index in [-0.39, 0.29) is 11.5 Å². The normalized spacial score (nSPS) is 34.9. The summed E-state index contributed by atoms with van der Waals surface area (Å²) in [6.45, 7) is 4.13. The molecule has 0 aromatic carbocycles. The first-order valence-electron chi connectivity index (χ1n) is 5.74. The molecule has 1 saturated carbocycles. The summed E-state index contributed by atoms with van der Waals surface area (Å²) in [5, 5.41) is 19.0. The Balaban J connectivity index is 2.69. The summed E-state index contributed by atoms with van der Waals surface area (Å²) < 4.78 is 0. The van der Waals surface area contributed by atoms with E-state index in [9.17, 15) is 10.4 Å². The first-order chi connectivity index (χ1) is 6.64. The van der Waals surface area contributed by atoms with Crippen molar-refractivity contribution in [2.75, 3.05) is 0 Å². The molecule has 1 rings (SSSR count). The molecule has 3 unspecified atom stereocenters. The lowest BCUT2D eigenvalue weighted by Crippen LogP contribution is -2.34. The monoisotopic (exact) mass is 195 g/mol. The third kappa shape index (κ3) is 2.27. The van der Waals surface area contributed by atoms with Gasteiger partial charge in [-0.1, -0.05) is 26.7 Å². The smallest absolute Gasteiger partial charge is 0.0693 e. The van der Waals surface area contributed by atoms with Crippen LogP contribution in [0.3, 0.4) is 0 Å². The number of aliphatic hydroxyl groups is 1. The Labute approximate surface area is 86.9 Å². The lowest BCUT2D eigenvalue weighted by Gasteiger charge is -2.38. The molecule has 0 radical (unpaired) electrons. The fourth-order valence-electron chi connectivity index (χ4n) is 2.49. The molecule has 3 atom stereocenters. The van der Waals surface area contributed by atoms with Crippen molar-refractivity contribution < 1.29 is 5.11 Å². The summed E-state index contributed by atoms with van der Waals surface area (Å²) in [5.41, 5.74) is -0.242. The quantitative estimate of drug-likeness (QED) is 0.752. The average Bonchev–Trinajstić information content (AvgIpc) is 2.21. The van der Waals surface area contributed by atoms with E-state index in [2.05, 4.69) is 13.0 Å². The van der Waals surface area contributed by atoms with Gasteiger partial charge in [-0.15, -0.1) is 0 Å². The Kier molecular flexibility index (Phi) is 3.95. The van der Waals surface area contributed by atoms with Crippen LogP contribution in [0.1, 0.15) is 52.4 Å². The van der Waals surface area contributed by atoms with Crippen LogP contribution in [0.4, 0.5) is 0 Å². The topological polar surface area (TPSA) is 44.0 Å². The SMILES string of the molecule is CCC(O)CC1(C#N)CCCCC1C. The Morgan fingerprint density at radius 2 is 2.29 bits per heavy atom. The molecule has 0 saturated heterocycles. The van der Waals surface area contributed by atoms with E-state index < -0.39 is 0 Å². The predicted octanol–water partition coefficient (Wildman–Crippen LogP) is 2.87. The Morgan fingerprint density at radius 1 is 1.57 bits per heavy atom. The highest BCUT2D eigenvalue weighted by molar-refractivity contribution is 5.04. The van der Waals surface area contributed by atoms with Gasteiger partial charge in [0.1, 0.15) is 0 Å². The molecule has 2 heteroatoms. The van der Waals surface area contributed by atoms with E-state index >= 15 is 0 Å². The summed E-state index contributed by atoms with van der Waals surface area (Å²) in [4.78, 5) is 0. The zero-order valence-electron chi connectivity index (χ0n) is 9.29. The van der Waals surface area contributed by atoms with Crippen LogP contribution in [0.5, 0.6) is 0 Å². The van der Waals surface area contributed by atoms with Crippen molar-refractivity contribution in [3.8, 4) is 6.07 Å². The van der Waals surface area contributed by atoms with Crippen LogP contribution in [0.15, 0.2) is 0 Å². The maximum absolute atomic E-state index is 9.67. The number of hydrogen-bond acceptors (Lipinski definition) is 2. The molecule has 14 heavy (non-hydrogen) atoms. The van der Waals surface area contributed by atoms with Gasteiger partial charge in [-0.25, -0.2) is 0 Å². The Morgan fingerprint density at radius 3 is 2.79 bits per heavy atom. The second kappa shape index (κ2) is 4.79. The summed E-state index contributed by atoms with van der Waals surface area (Å²) in [6, 6.07) is 2.47. The highest BCUT2D eigenvalue weighted by Crippen LogP contribution is 2.44. The van der Waals surface area contributed by atoms with Crippen molar-refractivity contribution in [1.29, 1.82) is 5.26 Å². The Hall–Kier alpha value is -0.550. The lowest BCUT2D eigenvalue weighted by molar-refractivity contribution is 0.0682. The van der Waals surface area contributed by atoms with Crippen LogP contribution in [0, 0.1) is 22.7 Å². The van der Waals surface area contributed by atoms with Gasteiger partial charge in [-0.2, -0.15) is 5.26 Å². The molecular formula is C12H21NO. The molecule has 0 amide bonds. The molecule has 0 aromatic rings. The number of nitrogens with zero attached hydrogens (tertiary/aromatic N) is 1. The highest BCUT2D eigenvalue weighted by atomic mass is 16.3. The van der Waals surface area contributed by atoms with Gasteiger partial charge >= 0.3 is 0 Å². The molecule has 0 heterocycles. The number of rotatable bonds is 3. The zero-order chi connectivity index (χ0) is 10.6. The van der Waals surface area contributed by atoms with Gasteiger partial charge in [0.05, 0.1) is 17.6 Å². The molecular weight excluding hydrogens is 174 g/mol. The number of hydrogen-bond donors (Lipinski definition) is 1. The van der Waals surface area contributed by atoms with Gasteiger partial charge < -0.3 is 5.11 Å². The summed E-state index contributed by atoms with van der Waals surface area (Å²) in [6.07, 6.45) is 5.64. The van der Waals surface area contributed by atoms with E-state index in [1.54, 1.807) is 0 Å². The van der Waals surface area contributed by atoms with Crippen molar-refractivity contribution in [3.63, 3.8) is 0 Å². The van der Waals surface area contributed by atoms with Gasteiger partial charge in [0, 0.05) is 0 Å². The van der Waals surface area contributed by atoms with Crippen LogP contribution in [-0.2, 0) is 0 Å². The first-order valence-corrected chi connectivity index (χ1v) is 5.74. The molecule has 0 bridgehead atoms. The Bertz CT molecular complexity index is 221. The van der Waals surface area contributed by atoms with Crippen molar-refractivity contribution >= 4 is 0 Å². The van der Waals surface area contributed by atoms with Crippen LogP contribution in [0.2, 0.25) is 0 Å². The zero-order valence-corrected chi connectivity index (χ0v) is 9.29. The number of aliphatic hydroxyl groups excluding tert-OH is 1. The lowest BCUT2D eigenvalue weighted by atomic mass is 9.65. The fourth-order valence-corrected chi connectivity index (χ4v) is 2.49. The summed E-state index contributed by atoms with van der Waals surface area (Å²) in [5.74, 6) is 0.447. The van der Waals surface area contributed by atoms with Crippen LogP contribution >= 0.6 is 0 Å². The molecule has 1 fully saturated rings. The van der Waals surface area contributed by atoms with E-state index in [1.165, 1.54) is 6.42 Å². The predicted molar refractivity (Wildman–Crippen MR) is 56.6 cm³/mol. The fraction of sp³-hybridized carbons (Fsp3) is 0.917. The van der Waals surface area contributed by atoms with Gasteiger partial charge in [-0.3, -0.25) is 0 Å². The average molecular weight is 195 g/mol. The molecule has 1 aliphatic carbocycles. The molecule has 2 nitrogen and oxygen atoms in total.